The highest BCUT2D eigenvalue weighted by Crippen LogP contribution is 2.36. The molecule has 3 aromatic heterocycles. The van der Waals surface area contributed by atoms with Crippen molar-refractivity contribution in [2.75, 3.05) is 39.0 Å². The van der Waals surface area contributed by atoms with Crippen molar-refractivity contribution >= 4 is 50.1 Å². The Balaban J connectivity index is 1.30. The van der Waals surface area contributed by atoms with E-state index in [0.717, 1.165) is 58.9 Å². The molecule has 1 amide bonds. The third-order valence-electron chi connectivity index (χ3n) is 5.77. The number of aromatic amines is 1. The van der Waals surface area contributed by atoms with Crippen LogP contribution in [0.2, 0.25) is 0 Å². The van der Waals surface area contributed by atoms with Crippen LogP contribution < -0.4 is 5.32 Å². The van der Waals surface area contributed by atoms with Gasteiger partial charge in [-0.15, -0.1) is 0 Å². The number of hydrogen-bond acceptors (Lipinski definition) is 7. The molecule has 4 heterocycles. The van der Waals surface area contributed by atoms with E-state index in [1.807, 2.05) is 36.0 Å². The molecule has 8 nitrogen and oxygen atoms in total. The number of anilines is 2. The summed E-state index contributed by atoms with van der Waals surface area (Å²) in [4.78, 5) is 20.6. The van der Waals surface area contributed by atoms with Crippen molar-refractivity contribution in [2.45, 2.75) is 18.8 Å². The first kappa shape index (κ1) is 19.9. The number of piperidine rings is 1. The number of likely N-dealkylation sites (tertiary alicyclic amines) is 1. The normalized spacial score (nSPS) is 15.3. The van der Waals surface area contributed by atoms with Gasteiger partial charge in [0.2, 0.25) is 5.91 Å². The van der Waals surface area contributed by atoms with Crippen molar-refractivity contribution in [2.24, 2.45) is 0 Å². The number of aromatic nitrogens is 4. The Bertz CT molecular complexity index is 1220. The third-order valence-corrected chi connectivity index (χ3v) is 6.59. The van der Waals surface area contributed by atoms with Gasteiger partial charge >= 0.3 is 0 Å². The third kappa shape index (κ3) is 3.98. The van der Waals surface area contributed by atoms with Crippen LogP contribution in [0.5, 0.6) is 0 Å². The van der Waals surface area contributed by atoms with Gasteiger partial charge in [-0.25, -0.2) is 0 Å². The van der Waals surface area contributed by atoms with Crippen molar-refractivity contribution in [3.63, 3.8) is 0 Å². The molecule has 1 aliphatic heterocycles. The summed E-state index contributed by atoms with van der Waals surface area (Å²) in [6, 6.07) is 10.2. The van der Waals surface area contributed by atoms with E-state index >= 15 is 0 Å². The van der Waals surface area contributed by atoms with Crippen molar-refractivity contribution in [3.05, 3.63) is 42.2 Å². The SMILES string of the molecule is CN(C)CC(=O)N1CCC(c2nsc3cc(Nc4n[nH]c5cccnc45)ccc23)CC1. The number of fused-ring (bicyclic) bond motifs is 2. The monoisotopic (exact) mass is 435 g/mol. The molecule has 1 fully saturated rings. The highest BCUT2D eigenvalue weighted by molar-refractivity contribution is 7.13. The molecular formula is C22H25N7OS. The van der Waals surface area contributed by atoms with E-state index in [2.05, 4.69) is 38.7 Å². The molecule has 1 aliphatic rings. The van der Waals surface area contributed by atoms with Gasteiger partial charge in [-0.1, -0.05) is 0 Å². The zero-order valence-electron chi connectivity index (χ0n) is 17.6. The lowest BCUT2D eigenvalue weighted by Crippen LogP contribution is -2.42. The Morgan fingerprint density at radius 1 is 1.29 bits per heavy atom. The summed E-state index contributed by atoms with van der Waals surface area (Å²) in [5, 5.41) is 11.9. The number of H-pyrrole nitrogens is 1. The number of likely N-dealkylation sites (N-methyl/N-ethyl adjacent to an activating group) is 1. The molecule has 0 saturated carbocycles. The lowest BCUT2D eigenvalue weighted by atomic mass is 9.91. The lowest BCUT2D eigenvalue weighted by Gasteiger charge is -2.32. The first-order valence-corrected chi connectivity index (χ1v) is 11.2. The Kier molecular flexibility index (Phi) is 5.29. The fourth-order valence-corrected chi connectivity index (χ4v) is 5.07. The number of pyridine rings is 1. The fourth-order valence-electron chi connectivity index (χ4n) is 4.18. The summed E-state index contributed by atoms with van der Waals surface area (Å²) in [7, 11) is 3.86. The Morgan fingerprint density at radius 2 is 2.13 bits per heavy atom. The van der Waals surface area contributed by atoms with E-state index in [0.29, 0.717) is 12.5 Å². The second-order valence-corrected chi connectivity index (χ2v) is 9.07. The van der Waals surface area contributed by atoms with Gasteiger partial charge in [0.15, 0.2) is 5.82 Å². The predicted octanol–water partition coefficient (Wildman–Crippen LogP) is 3.58. The minimum atomic E-state index is 0.211. The van der Waals surface area contributed by atoms with Gasteiger partial charge in [-0.2, -0.15) is 9.47 Å². The molecule has 160 valence electrons. The first-order valence-electron chi connectivity index (χ1n) is 10.5. The maximum atomic E-state index is 12.3. The molecule has 0 aliphatic carbocycles. The standard InChI is InChI=1S/C22H25N7OS/c1-28(2)13-19(30)29-10-7-14(8-11-29)20-16-6-5-15(12-18(16)31-27-20)24-22-21-17(25-26-22)4-3-9-23-21/h3-6,9,12,14H,7-8,10-11,13H2,1-2H3,(H2,24,25,26). The maximum Gasteiger partial charge on any atom is 0.236 e. The number of nitrogens with zero attached hydrogens (tertiary/aromatic N) is 5. The van der Waals surface area contributed by atoms with Gasteiger partial charge in [0.1, 0.15) is 5.52 Å². The van der Waals surface area contributed by atoms with Gasteiger partial charge < -0.3 is 15.1 Å². The molecule has 0 radical (unpaired) electrons. The smallest absolute Gasteiger partial charge is 0.236 e. The molecule has 0 spiro atoms. The highest BCUT2D eigenvalue weighted by atomic mass is 32.1. The predicted molar refractivity (Wildman–Crippen MR) is 124 cm³/mol. The average molecular weight is 436 g/mol. The molecule has 4 aromatic rings. The van der Waals surface area contributed by atoms with Crippen molar-refractivity contribution in [1.29, 1.82) is 0 Å². The van der Waals surface area contributed by atoms with Gasteiger partial charge in [0.05, 0.1) is 22.5 Å². The van der Waals surface area contributed by atoms with E-state index in [1.165, 1.54) is 16.9 Å². The van der Waals surface area contributed by atoms with Crippen LogP contribution in [0.4, 0.5) is 11.5 Å². The second-order valence-electron chi connectivity index (χ2n) is 8.27. The van der Waals surface area contributed by atoms with Crippen LogP contribution in [0, 0.1) is 0 Å². The van der Waals surface area contributed by atoms with Crippen molar-refractivity contribution in [1.82, 2.24) is 29.4 Å². The van der Waals surface area contributed by atoms with Gasteiger partial charge in [-0.3, -0.25) is 14.9 Å². The zero-order chi connectivity index (χ0) is 21.4. The quantitative estimate of drug-likeness (QED) is 0.498. The number of carbonyl (C=O) groups is 1. The van der Waals surface area contributed by atoms with Crippen LogP contribution in [0.15, 0.2) is 36.5 Å². The van der Waals surface area contributed by atoms with Gasteiger partial charge in [-0.05, 0) is 68.8 Å². The minimum absolute atomic E-state index is 0.211. The number of rotatable bonds is 5. The van der Waals surface area contributed by atoms with Crippen LogP contribution in [0.25, 0.3) is 21.1 Å². The van der Waals surface area contributed by atoms with Crippen LogP contribution in [-0.4, -0.2) is 69.0 Å². The molecule has 31 heavy (non-hydrogen) atoms. The van der Waals surface area contributed by atoms with Gasteiger partial charge in [0, 0.05) is 36.3 Å². The van der Waals surface area contributed by atoms with E-state index in [4.69, 9.17) is 4.37 Å². The minimum Gasteiger partial charge on any atom is -0.342 e. The molecular weight excluding hydrogens is 410 g/mol. The Morgan fingerprint density at radius 3 is 2.94 bits per heavy atom. The summed E-state index contributed by atoms with van der Waals surface area (Å²) >= 11 is 1.53. The van der Waals surface area contributed by atoms with Crippen LogP contribution in [0.1, 0.15) is 24.5 Å². The molecule has 9 heteroatoms. The molecule has 2 N–H and O–H groups in total. The second kappa shape index (κ2) is 8.24. The summed E-state index contributed by atoms with van der Waals surface area (Å²) in [6.45, 7) is 2.07. The Hall–Kier alpha value is -3.04. The average Bonchev–Trinajstić information content (AvgIpc) is 3.38. The van der Waals surface area contributed by atoms with E-state index < -0.39 is 0 Å². The molecule has 1 aromatic carbocycles. The number of benzene rings is 1. The van der Waals surface area contributed by atoms with Crippen LogP contribution in [0.3, 0.4) is 0 Å². The number of carbonyl (C=O) groups excluding carboxylic acids is 1. The summed E-state index contributed by atoms with van der Waals surface area (Å²) in [5.74, 6) is 1.33. The zero-order valence-corrected chi connectivity index (χ0v) is 18.4. The first-order chi connectivity index (χ1) is 15.1. The summed E-state index contributed by atoms with van der Waals surface area (Å²) < 4.78 is 5.95. The number of amides is 1. The van der Waals surface area contributed by atoms with E-state index in [9.17, 15) is 4.79 Å². The van der Waals surface area contributed by atoms with E-state index in [-0.39, 0.29) is 5.91 Å². The molecule has 5 rings (SSSR count). The van der Waals surface area contributed by atoms with Crippen LogP contribution >= 0.6 is 11.5 Å². The number of hydrogen-bond donors (Lipinski definition) is 2. The molecule has 0 atom stereocenters. The summed E-state index contributed by atoms with van der Waals surface area (Å²) in [6.07, 6.45) is 3.69. The fraction of sp³-hybridized carbons (Fsp3) is 0.364. The lowest BCUT2D eigenvalue weighted by molar-refractivity contribution is -0.132. The molecule has 0 unspecified atom stereocenters. The van der Waals surface area contributed by atoms with Crippen molar-refractivity contribution < 1.29 is 4.79 Å². The maximum absolute atomic E-state index is 12.3. The van der Waals surface area contributed by atoms with Crippen molar-refractivity contribution in [3.8, 4) is 0 Å². The van der Waals surface area contributed by atoms with Gasteiger partial charge in [0.25, 0.3) is 0 Å². The molecule has 0 bridgehead atoms. The summed E-state index contributed by atoms with van der Waals surface area (Å²) in [5.41, 5.74) is 3.86. The van der Waals surface area contributed by atoms with E-state index in [1.54, 1.807) is 6.20 Å². The van der Waals surface area contributed by atoms with Crippen LogP contribution in [-0.2, 0) is 4.79 Å². The number of nitrogens with one attached hydrogen (secondary N) is 2. The molecule has 1 saturated heterocycles. The largest absolute Gasteiger partial charge is 0.342 e. The highest BCUT2D eigenvalue weighted by Gasteiger charge is 2.26. The topological polar surface area (TPSA) is 90.0 Å². The Labute approximate surface area is 184 Å².